The standard InChI is InChI=1S/C31H42F2N6O2/c1-6-21-17-40-31(37-29(21)18(2)3)38-11-9-22(10-12-38)20(5)41-28-14-35-30(36-19(28)4)39-15-25(27(34)16-39)24-13-23(32)7-8-26(24)33/h7-8,13-14,18,20,22,25,27H,6,9-12,15-17,34H2,1-5H3. The Labute approximate surface area is 241 Å². The van der Waals surface area contributed by atoms with Crippen LogP contribution < -0.4 is 15.4 Å². The van der Waals surface area contributed by atoms with Crippen LogP contribution in [0.2, 0.25) is 0 Å². The van der Waals surface area contributed by atoms with Crippen LogP contribution in [0, 0.1) is 30.4 Å². The van der Waals surface area contributed by atoms with Gasteiger partial charge in [0.15, 0.2) is 5.75 Å². The lowest BCUT2D eigenvalue weighted by atomic mass is 9.92. The number of hydrogen-bond donors (Lipinski definition) is 1. The molecule has 1 aromatic heterocycles. The van der Waals surface area contributed by atoms with E-state index in [0.29, 0.717) is 48.8 Å². The summed E-state index contributed by atoms with van der Waals surface area (Å²) in [5.41, 5.74) is 9.81. The van der Waals surface area contributed by atoms with E-state index in [-0.39, 0.29) is 18.1 Å². The summed E-state index contributed by atoms with van der Waals surface area (Å²) in [6, 6.07) is 3.90. The number of nitrogens with two attached hydrogens (primary N) is 1. The lowest BCUT2D eigenvalue weighted by Gasteiger charge is -2.37. The van der Waals surface area contributed by atoms with Crippen molar-refractivity contribution in [3.8, 4) is 5.75 Å². The number of ether oxygens (including phenoxy) is 2. The fourth-order valence-corrected chi connectivity index (χ4v) is 6.11. The minimum absolute atomic E-state index is 0.00197. The third-order valence-corrected chi connectivity index (χ3v) is 8.64. The van der Waals surface area contributed by atoms with Crippen LogP contribution in [-0.2, 0) is 4.74 Å². The number of anilines is 1. The zero-order valence-electron chi connectivity index (χ0n) is 24.7. The molecule has 0 saturated carbocycles. The Hall–Kier alpha value is -3.27. The quantitative estimate of drug-likeness (QED) is 0.492. The fraction of sp³-hybridized carbons (Fsp3) is 0.581. The molecule has 10 heteroatoms. The molecule has 2 aromatic rings. The molecule has 1 aromatic carbocycles. The maximum Gasteiger partial charge on any atom is 0.292 e. The van der Waals surface area contributed by atoms with E-state index in [1.54, 1.807) is 6.20 Å². The van der Waals surface area contributed by atoms with E-state index in [1.165, 1.54) is 17.3 Å². The molecule has 2 saturated heterocycles. The van der Waals surface area contributed by atoms with E-state index in [1.807, 2.05) is 11.8 Å². The molecule has 3 unspecified atom stereocenters. The van der Waals surface area contributed by atoms with E-state index >= 15 is 0 Å². The monoisotopic (exact) mass is 568 g/mol. The lowest BCUT2D eigenvalue weighted by Crippen LogP contribution is -2.43. The molecule has 41 heavy (non-hydrogen) atoms. The average Bonchev–Trinajstić information content (AvgIpc) is 3.36. The van der Waals surface area contributed by atoms with Crippen molar-refractivity contribution in [2.24, 2.45) is 22.6 Å². The van der Waals surface area contributed by atoms with Crippen molar-refractivity contribution in [1.29, 1.82) is 0 Å². The Balaban J connectivity index is 1.18. The summed E-state index contributed by atoms with van der Waals surface area (Å²) in [6.45, 7) is 13.8. The van der Waals surface area contributed by atoms with E-state index in [4.69, 9.17) is 20.2 Å². The first-order chi connectivity index (χ1) is 19.6. The van der Waals surface area contributed by atoms with Crippen molar-refractivity contribution in [2.75, 3.05) is 37.7 Å². The van der Waals surface area contributed by atoms with Crippen molar-refractivity contribution in [2.45, 2.75) is 71.9 Å². The Morgan fingerprint density at radius 2 is 1.88 bits per heavy atom. The highest BCUT2D eigenvalue weighted by atomic mass is 19.1. The molecule has 0 aliphatic carbocycles. The Morgan fingerprint density at radius 1 is 1.12 bits per heavy atom. The van der Waals surface area contributed by atoms with Gasteiger partial charge in [-0.1, -0.05) is 20.8 Å². The largest absolute Gasteiger partial charge is 0.487 e. The molecule has 2 N–H and O–H groups in total. The highest BCUT2D eigenvalue weighted by Crippen LogP contribution is 2.33. The van der Waals surface area contributed by atoms with Gasteiger partial charge < -0.3 is 25.0 Å². The van der Waals surface area contributed by atoms with Gasteiger partial charge in [0.25, 0.3) is 6.02 Å². The molecule has 3 atom stereocenters. The normalized spacial score (nSPS) is 22.7. The second kappa shape index (κ2) is 12.3. The fourth-order valence-electron chi connectivity index (χ4n) is 6.11. The Morgan fingerprint density at radius 3 is 2.56 bits per heavy atom. The Kier molecular flexibility index (Phi) is 8.77. The smallest absolute Gasteiger partial charge is 0.292 e. The van der Waals surface area contributed by atoms with Crippen LogP contribution >= 0.6 is 0 Å². The van der Waals surface area contributed by atoms with Gasteiger partial charge in [0, 0.05) is 38.1 Å². The molecular weight excluding hydrogens is 526 g/mol. The summed E-state index contributed by atoms with van der Waals surface area (Å²) >= 11 is 0. The number of benzene rings is 1. The molecule has 2 fully saturated rings. The summed E-state index contributed by atoms with van der Waals surface area (Å²) in [5, 5.41) is 0. The molecule has 222 valence electrons. The summed E-state index contributed by atoms with van der Waals surface area (Å²) in [6.07, 6.45) is 4.63. The van der Waals surface area contributed by atoms with Gasteiger partial charge in [0.1, 0.15) is 18.2 Å². The minimum atomic E-state index is -0.473. The van der Waals surface area contributed by atoms with Gasteiger partial charge in [0.2, 0.25) is 5.95 Å². The number of hydrogen-bond acceptors (Lipinski definition) is 8. The third-order valence-electron chi connectivity index (χ3n) is 8.64. The van der Waals surface area contributed by atoms with Crippen molar-refractivity contribution < 1.29 is 18.3 Å². The predicted molar refractivity (Wildman–Crippen MR) is 156 cm³/mol. The van der Waals surface area contributed by atoms with E-state index in [9.17, 15) is 8.78 Å². The van der Waals surface area contributed by atoms with Gasteiger partial charge in [-0.25, -0.2) is 23.7 Å². The maximum atomic E-state index is 14.4. The molecular formula is C31H42F2N6O2. The van der Waals surface area contributed by atoms with Crippen LogP contribution in [0.5, 0.6) is 5.75 Å². The van der Waals surface area contributed by atoms with Crippen molar-refractivity contribution in [3.05, 3.63) is 58.6 Å². The number of aryl methyl sites for hydroxylation is 1. The van der Waals surface area contributed by atoms with Crippen molar-refractivity contribution in [3.63, 3.8) is 0 Å². The van der Waals surface area contributed by atoms with Crippen molar-refractivity contribution >= 4 is 12.0 Å². The topological polar surface area (TPSA) is 89.1 Å². The molecule has 3 aliphatic heterocycles. The number of aromatic nitrogens is 2. The van der Waals surface area contributed by atoms with Crippen LogP contribution in [0.1, 0.15) is 64.1 Å². The highest BCUT2D eigenvalue weighted by Gasteiger charge is 2.35. The Bertz CT molecular complexity index is 1310. The number of amidine groups is 1. The number of rotatable bonds is 7. The zero-order chi connectivity index (χ0) is 29.3. The summed E-state index contributed by atoms with van der Waals surface area (Å²) in [5.74, 6) is 0.670. The first-order valence-corrected chi connectivity index (χ1v) is 14.8. The van der Waals surface area contributed by atoms with Crippen LogP contribution in [-0.4, -0.2) is 65.8 Å². The summed E-state index contributed by atoms with van der Waals surface area (Å²) in [4.78, 5) is 18.3. The summed E-state index contributed by atoms with van der Waals surface area (Å²) < 4.78 is 40.6. The van der Waals surface area contributed by atoms with Crippen molar-refractivity contribution in [1.82, 2.24) is 14.9 Å². The zero-order valence-corrected chi connectivity index (χ0v) is 24.7. The second-order valence-corrected chi connectivity index (χ2v) is 11.8. The molecule has 0 spiro atoms. The van der Waals surface area contributed by atoms with Crippen LogP contribution in [0.15, 0.2) is 40.7 Å². The highest BCUT2D eigenvalue weighted by molar-refractivity contribution is 5.76. The summed E-state index contributed by atoms with van der Waals surface area (Å²) in [7, 11) is 0. The van der Waals surface area contributed by atoms with Gasteiger partial charge >= 0.3 is 0 Å². The van der Waals surface area contributed by atoms with E-state index < -0.39 is 11.6 Å². The molecule has 0 bridgehead atoms. The van der Waals surface area contributed by atoms with Gasteiger partial charge in [-0.05, 0) is 74.3 Å². The number of allylic oxidation sites excluding steroid dienone is 1. The van der Waals surface area contributed by atoms with Gasteiger partial charge in [-0.2, -0.15) is 0 Å². The van der Waals surface area contributed by atoms with Crippen LogP contribution in [0.4, 0.5) is 14.7 Å². The molecule has 0 radical (unpaired) electrons. The van der Waals surface area contributed by atoms with E-state index in [0.717, 1.165) is 56.2 Å². The number of halogens is 2. The second-order valence-electron chi connectivity index (χ2n) is 11.8. The predicted octanol–water partition coefficient (Wildman–Crippen LogP) is 5.18. The average molecular weight is 569 g/mol. The number of aliphatic imine (C=N–C) groups is 1. The molecule has 0 amide bonds. The van der Waals surface area contributed by atoms with Gasteiger partial charge in [-0.15, -0.1) is 0 Å². The molecule has 5 rings (SSSR count). The first-order valence-electron chi connectivity index (χ1n) is 14.8. The SMILES string of the molecule is CCC1=C(C(C)C)N=C(N2CCC(C(C)Oc3cnc(N4CC(N)C(c5cc(F)ccc5F)C4)nc3C)CC2)OC1. The molecule has 4 heterocycles. The number of likely N-dealkylation sites (tertiary alicyclic amines) is 1. The van der Waals surface area contributed by atoms with Crippen LogP contribution in [0.3, 0.4) is 0 Å². The number of piperidine rings is 1. The lowest BCUT2D eigenvalue weighted by molar-refractivity contribution is 0.0980. The minimum Gasteiger partial charge on any atom is -0.487 e. The first kappa shape index (κ1) is 29.2. The van der Waals surface area contributed by atoms with E-state index in [2.05, 4.69) is 42.6 Å². The van der Waals surface area contributed by atoms with Crippen LogP contribution in [0.25, 0.3) is 0 Å². The third kappa shape index (κ3) is 6.32. The van der Waals surface area contributed by atoms with Gasteiger partial charge in [0.05, 0.1) is 23.7 Å². The number of nitrogens with zero attached hydrogens (tertiary/aromatic N) is 5. The van der Waals surface area contributed by atoms with Gasteiger partial charge in [-0.3, -0.25) is 0 Å². The maximum absolute atomic E-state index is 14.4. The molecule has 3 aliphatic rings. The molecule has 8 nitrogen and oxygen atoms in total.